The molecule has 1 nitrogen and oxygen atoms in total. The van der Waals surface area contributed by atoms with Gasteiger partial charge < -0.3 is 0 Å². The van der Waals surface area contributed by atoms with Crippen LogP contribution in [0.4, 0.5) is 0 Å². The summed E-state index contributed by atoms with van der Waals surface area (Å²) in [6, 6.07) is 0. The molecule has 2 heteroatoms. The third kappa shape index (κ3) is 3.39. The molecule has 0 radical (unpaired) electrons. The predicted molar refractivity (Wildman–Crippen MR) is 56.3 cm³/mol. The van der Waals surface area contributed by atoms with Crippen molar-refractivity contribution in [1.29, 1.82) is 0 Å². The van der Waals surface area contributed by atoms with Gasteiger partial charge in [0.25, 0.3) is 0 Å². The van der Waals surface area contributed by atoms with Crippen LogP contribution in [0, 0.1) is 16.7 Å². The van der Waals surface area contributed by atoms with Gasteiger partial charge in [-0.15, -0.1) is 0 Å². The molecule has 0 spiro atoms. The number of alkyl halides is 1. The molecular weight excluding hydrogens is 273 g/mol. The van der Waals surface area contributed by atoms with Crippen molar-refractivity contribution in [2.75, 3.05) is 11.5 Å². The van der Waals surface area contributed by atoms with E-state index >= 15 is 0 Å². The van der Waals surface area contributed by atoms with Gasteiger partial charge in [-0.2, -0.15) is 0 Å². The van der Waals surface area contributed by atoms with Gasteiger partial charge in [0.05, 0.1) is 0 Å². The normalized spacial score (nSPS) is 14.2. The van der Waals surface area contributed by atoms with Crippen LogP contribution < -0.4 is 25.0 Å². The summed E-state index contributed by atoms with van der Waals surface area (Å²) in [6.07, 6.45) is 0. The molecule has 0 bridgehead atoms. The molecule has 0 aromatic rings. The van der Waals surface area contributed by atoms with Crippen LogP contribution >= 0.6 is 0 Å². The molecule has 0 atom stereocenters. The van der Waals surface area contributed by atoms with Crippen LogP contribution in [0.2, 0.25) is 0 Å². The van der Waals surface area contributed by atoms with Gasteiger partial charge in [-0.1, -0.05) is 0 Å². The monoisotopic (exact) mass is 298 g/mol. The Balaban J connectivity index is 4.41. The molecule has 0 fully saturated rings. The van der Waals surface area contributed by atoms with Crippen molar-refractivity contribution in [1.82, 2.24) is 3.53 Å². The van der Waals surface area contributed by atoms with Gasteiger partial charge in [0.1, 0.15) is 0 Å². The van der Waals surface area contributed by atoms with E-state index in [0.29, 0.717) is 10.8 Å². The molecule has 0 saturated heterocycles. The quantitative estimate of drug-likeness (QED) is 0.425. The Bertz CT molecular complexity index is 150. The van der Waals surface area contributed by atoms with Gasteiger partial charge in [-0.25, -0.2) is 0 Å². The molecule has 0 unspecified atom stereocenters. The zero-order chi connectivity index (χ0) is 10.7. The summed E-state index contributed by atoms with van der Waals surface area (Å²) in [5.41, 5.74) is 0.890. The van der Waals surface area contributed by atoms with E-state index in [1.165, 1.54) is 4.43 Å². The fourth-order valence-corrected chi connectivity index (χ4v) is 3.51. The Morgan fingerprint density at radius 3 is 1.92 bits per heavy atom. The van der Waals surface area contributed by atoms with E-state index in [0.717, 1.165) is 5.92 Å². The molecule has 0 heterocycles. The Hall–Kier alpha value is 0.690. The molecule has 0 rings (SSSR count). The minimum absolute atomic E-state index is 0.197. The van der Waals surface area contributed by atoms with Crippen molar-refractivity contribution < 1.29 is 21.5 Å². The summed E-state index contributed by atoms with van der Waals surface area (Å²) in [6.45, 7) is 14.3. The fourth-order valence-electron chi connectivity index (χ4n) is 1.19. The van der Waals surface area contributed by atoms with Crippen LogP contribution in [0.15, 0.2) is 0 Å². The molecule has 13 heavy (non-hydrogen) atoms. The SMILES string of the molecule is CN[I-]CC(C)(C)C(C)(C)C(C)C. The van der Waals surface area contributed by atoms with Crippen molar-refractivity contribution in [3.63, 3.8) is 0 Å². The number of rotatable bonds is 5. The second-order valence-corrected chi connectivity index (χ2v) is 7.82. The second kappa shape index (κ2) is 4.96. The zero-order valence-corrected chi connectivity index (χ0v) is 12.3. The first-order valence-corrected chi connectivity index (χ1v) is 7.61. The summed E-state index contributed by atoms with van der Waals surface area (Å²) in [4.78, 5) is 0. The van der Waals surface area contributed by atoms with Crippen LogP contribution in [0.1, 0.15) is 41.5 Å². The number of hydrogen-bond donors (Lipinski definition) is 1. The maximum atomic E-state index is 3.34. The van der Waals surface area contributed by atoms with Crippen molar-refractivity contribution in [2.24, 2.45) is 16.7 Å². The van der Waals surface area contributed by atoms with Gasteiger partial charge in [0.2, 0.25) is 0 Å². The Morgan fingerprint density at radius 2 is 1.62 bits per heavy atom. The van der Waals surface area contributed by atoms with E-state index in [1.807, 2.05) is 0 Å². The van der Waals surface area contributed by atoms with E-state index in [-0.39, 0.29) is 21.5 Å². The first kappa shape index (κ1) is 13.7. The van der Waals surface area contributed by atoms with E-state index in [1.54, 1.807) is 0 Å². The van der Waals surface area contributed by atoms with E-state index in [4.69, 9.17) is 0 Å². The van der Waals surface area contributed by atoms with Crippen molar-refractivity contribution >= 4 is 0 Å². The molecule has 0 aliphatic rings. The van der Waals surface area contributed by atoms with Gasteiger partial charge in [-0.05, 0) is 0 Å². The number of halogens is 1. The summed E-state index contributed by atoms with van der Waals surface area (Å²) < 4.78 is 4.70. The first-order valence-electron chi connectivity index (χ1n) is 5.00. The number of nitrogens with one attached hydrogen (secondary N) is 1. The van der Waals surface area contributed by atoms with Crippen LogP contribution in [0.5, 0.6) is 0 Å². The van der Waals surface area contributed by atoms with Crippen LogP contribution in [0.25, 0.3) is 0 Å². The minimum atomic E-state index is 0.197. The topological polar surface area (TPSA) is 12.0 Å². The number of hydrogen-bond acceptors (Lipinski definition) is 1. The van der Waals surface area contributed by atoms with Crippen molar-refractivity contribution in [3.05, 3.63) is 0 Å². The second-order valence-electron chi connectivity index (χ2n) is 5.22. The molecule has 0 aromatic heterocycles. The zero-order valence-electron chi connectivity index (χ0n) is 10.2. The van der Waals surface area contributed by atoms with Crippen molar-refractivity contribution in [2.45, 2.75) is 41.5 Å². The van der Waals surface area contributed by atoms with Crippen LogP contribution in [-0.4, -0.2) is 11.5 Å². The third-order valence-corrected chi connectivity index (χ3v) is 6.77. The van der Waals surface area contributed by atoms with Crippen LogP contribution in [-0.2, 0) is 0 Å². The maximum absolute atomic E-state index is 3.34. The van der Waals surface area contributed by atoms with Gasteiger partial charge in [0.15, 0.2) is 0 Å². The van der Waals surface area contributed by atoms with Crippen molar-refractivity contribution in [3.8, 4) is 0 Å². The van der Waals surface area contributed by atoms with E-state index < -0.39 is 0 Å². The average molecular weight is 298 g/mol. The summed E-state index contributed by atoms with van der Waals surface area (Å²) in [5, 5.41) is 0. The average Bonchev–Trinajstić information content (AvgIpc) is 2.00. The molecule has 0 aliphatic carbocycles. The fraction of sp³-hybridized carbons (Fsp3) is 1.00. The van der Waals surface area contributed by atoms with Gasteiger partial charge in [-0.3, -0.25) is 0 Å². The predicted octanol–water partition coefficient (Wildman–Crippen LogP) is -0.0818. The van der Waals surface area contributed by atoms with E-state index in [2.05, 4.69) is 52.1 Å². The Morgan fingerprint density at radius 1 is 1.15 bits per heavy atom. The Kier molecular flexibility index (Phi) is 5.23. The molecule has 0 aliphatic heterocycles. The molecular formula is C11H25IN-. The standard InChI is InChI=1S/C11H25IN/c1-9(2)11(5,6)10(3,4)8-12-13-7/h9,13H,8H2,1-7H3/q-1. The summed E-state index contributed by atoms with van der Waals surface area (Å²) in [5.74, 6) is 0.753. The summed E-state index contributed by atoms with van der Waals surface area (Å²) >= 11 is 0.197. The molecule has 0 saturated carbocycles. The third-order valence-electron chi connectivity index (χ3n) is 3.72. The summed E-state index contributed by atoms with van der Waals surface area (Å²) in [7, 11) is 2.08. The van der Waals surface area contributed by atoms with Crippen LogP contribution in [0.3, 0.4) is 0 Å². The first-order chi connectivity index (χ1) is 5.75. The molecule has 82 valence electrons. The van der Waals surface area contributed by atoms with E-state index in [9.17, 15) is 0 Å². The van der Waals surface area contributed by atoms with Gasteiger partial charge in [0, 0.05) is 0 Å². The molecule has 0 amide bonds. The van der Waals surface area contributed by atoms with Gasteiger partial charge >= 0.3 is 94.8 Å². The molecule has 1 N–H and O–H groups in total. The molecule has 0 aromatic carbocycles. The Labute approximate surface area is 94.7 Å².